The van der Waals surface area contributed by atoms with E-state index in [-0.39, 0.29) is 0 Å². The Morgan fingerprint density at radius 3 is 1.56 bits per heavy atom. The Bertz CT molecular complexity index is 106. The van der Waals surface area contributed by atoms with Gasteiger partial charge < -0.3 is 0 Å². The van der Waals surface area contributed by atoms with Crippen molar-refractivity contribution in [1.82, 2.24) is 0 Å². The van der Waals surface area contributed by atoms with E-state index < -0.39 is 0 Å². The largest absolute Gasteiger partial charge is 0.174 e. The molecule has 0 unspecified atom stereocenters. The molecule has 0 aliphatic heterocycles. The summed E-state index contributed by atoms with van der Waals surface area (Å²) in [7, 11) is 0. The molecule has 2 aliphatic rings. The van der Waals surface area contributed by atoms with E-state index in [0.717, 1.165) is 11.8 Å². The Morgan fingerprint density at radius 2 is 1.33 bits per heavy atom. The lowest BCUT2D eigenvalue weighted by Gasteiger charge is -2.22. The van der Waals surface area contributed by atoms with Crippen LogP contribution in [0.25, 0.3) is 0 Å². The van der Waals surface area contributed by atoms with Crippen LogP contribution >= 0.6 is 25.3 Å². The van der Waals surface area contributed by atoms with E-state index in [2.05, 4.69) is 25.3 Å². The van der Waals surface area contributed by atoms with Crippen molar-refractivity contribution in [2.24, 2.45) is 11.8 Å². The molecule has 0 saturated heterocycles. The fourth-order valence-electron chi connectivity index (χ4n) is 2.23. The number of fused-ring (bicyclic) bond motifs is 2. The molecule has 0 N–H and O–H groups in total. The van der Waals surface area contributed by atoms with Crippen LogP contribution < -0.4 is 0 Å². The molecule has 0 nitrogen and oxygen atoms in total. The molecular formula is C7H12S2. The van der Waals surface area contributed by atoms with E-state index >= 15 is 0 Å². The molecule has 0 aromatic heterocycles. The third-order valence-electron chi connectivity index (χ3n) is 2.83. The Balaban J connectivity index is 2.15. The van der Waals surface area contributed by atoms with Gasteiger partial charge in [-0.05, 0) is 31.1 Å². The lowest BCUT2D eigenvalue weighted by Crippen LogP contribution is -2.22. The molecule has 2 bridgehead atoms. The van der Waals surface area contributed by atoms with Crippen LogP contribution in [0.5, 0.6) is 0 Å². The van der Waals surface area contributed by atoms with Crippen molar-refractivity contribution in [2.75, 3.05) is 0 Å². The van der Waals surface area contributed by atoms with E-state index in [1.54, 1.807) is 0 Å². The average molecular weight is 160 g/mol. The standard InChI is InChI=1S/C7H12S2/c8-6-4-1-2-5(3-4)7(6)9/h4-9H,1-3H2/t4-,5+,6-,7+. The van der Waals surface area contributed by atoms with Gasteiger partial charge in [-0.3, -0.25) is 0 Å². The second-order valence-electron chi connectivity index (χ2n) is 3.31. The molecule has 9 heavy (non-hydrogen) atoms. The van der Waals surface area contributed by atoms with Gasteiger partial charge in [0, 0.05) is 10.5 Å². The van der Waals surface area contributed by atoms with Crippen molar-refractivity contribution in [3.05, 3.63) is 0 Å². The van der Waals surface area contributed by atoms with E-state index in [4.69, 9.17) is 0 Å². The van der Waals surface area contributed by atoms with Crippen LogP contribution in [0.15, 0.2) is 0 Å². The molecule has 2 fully saturated rings. The summed E-state index contributed by atoms with van der Waals surface area (Å²) in [6.45, 7) is 0. The van der Waals surface area contributed by atoms with Crippen LogP contribution in [0.3, 0.4) is 0 Å². The SMILES string of the molecule is S[C@@H]1[C@@H]2CC[C@@H](C2)[C@@H]1S. The van der Waals surface area contributed by atoms with Gasteiger partial charge in [0.2, 0.25) is 0 Å². The van der Waals surface area contributed by atoms with Crippen molar-refractivity contribution < 1.29 is 0 Å². The molecule has 0 radical (unpaired) electrons. The topological polar surface area (TPSA) is 0 Å². The highest BCUT2D eigenvalue weighted by Crippen LogP contribution is 2.49. The minimum Gasteiger partial charge on any atom is -0.174 e. The highest BCUT2D eigenvalue weighted by Gasteiger charge is 2.43. The Morgan fingerprint density at radius 1 is 0.889 bits per heavy atom. The van der Waals surface area contributed by atoms with Crippen LogP contribution in [0.2, 0.25) is 0 Å². The molecule has 0 aromatic rings. The smallest absolute Gasteiger partial charge is 0.0164 e. The summed E-state index contributed by atoms with van der Waals surface area (Å²) in [5.41, 5.74) is 0. The molecule has 4 atom stereocenters. The molecule has 0 amide bonds. The zero-order valence-electron chi connectivity index (χ0n) is 5.33. The third-order valence-corrected chi connectivity index (χ3v) is 4.55. The number of rotatable bonds is 0. The molecule has 0 spiro atoms. The van der Waals surface area contributed by atoms with Gasteiger partial charge in [-0.25, -0.2) is 0 Å². The van der Waals surface area contributed by atoms with Gasteiger partial charge in [0.1, 0.15) is 0 Å². The summed E-state index contributed by atoms with van der Waals surface area (Å²) in [6, 6.07) is 0. The van der Waals surface area contributed by atoms with Gasteiger partial charge in [0.15, 0.2) is 0 Å². The molecule has 2 aliphatic carbocycles. The van der Waals surface area contributed by atoms with Crippen LogP contribution in [0.4, 0.5) is 0 Å². The van der Waals surface area contributed by atoms with E-state index in [9.17, 15) is 0 Å². The maximum atomic E-state index is 4.52. The Labute approximate surface area is 67.2 Å². The highest BCUT2D eigenvalue weighted by atomic mass is 32.1. The van der Waals surface area contributed by atoms with Gasteiger partial charge in [-0.15, -0.1) is 0 Å². The molecule has 2 saturated carbocycles. The van der Waals surface area contributed by atoms with Gasteiger partial charge in [0.25, 0.3) is 0 Å². The van der Waals surface area contributed by atoms with Gasteiger partial charge in [-0.2, -0.15) is 25.3 Å². The summed E-state index contributed by atoms with van der Waals surface area (Å²) in [5, 5.41) is 1.21. The molecular weight excluding hydrogens is 148 g/mol. The highest BCUT2D eigenvalue weighted by molar-refractivity contribution is 7.85. The second-order valence-corrected chi connectivity index (χ2v) is 4.51. The lowest BCUT2D eigenvalue weighted by atomic mass is 10.00. The molecule has 0 aromatic carbocycles. The maximum Gasteiger partial charge on any atom is 0.0164 e. The first-order chi connectivity index (χ1) is 4.29. The predicted molar refractivity (Wildman–Crippen MR) is 46.4 cm³/mol. The van der Waals surface area contributed by atoms with Crippen molar-refractivity contribution in [3.8, 4) is 0 Å². The second kappa shape index (κ2) is 2.09. The quantitative estimate of drug-likeness (QED) is 0.498. The Kier molecular flexibility index (Phi) is 1.49. The fourth-order valence-corrected chi connectivity index (χ4v) is 3.26. The first-order valence-electron chi connectivity index (χ1n) is 3.65. The summed E-state index contributed by atoms with van der Waals surface area (Å²) < 4.78 is 0. The summed E-state index contributed by atoms with van der Waals surface area (Å²) >= 11 is 9.03. The zero-order chi connectivity index (χ0) is 6.43. The first kappa shape index (κ1) is 6.41. The predicted octanol–water partition coefficient (Wildman–Crippen LogP) is 2.01. The van der Waals surface area contributed by atoms with Crippen molar-refractivity contribution >= 4 is 25.3 Å². The molecule has 0 heterocycles. The van der Waals surface area contributed by atoms with E-state index in [1.165, 1.54) is 19.3 Å². The van der Waals surface area contributed by atoms with Crippen molar-refractivity contribution in [2.45, 2.75) is 29.8 Å². The fraction of sp³-hybridized carbons (Fsp3) is 1.00. The molecule has 2 heteroatoms. The lowest BCUT2D eigenvalue weighted by molar-refractivity contribution is 0.508. The van der Waals surface area contributed by atoms with Gasteiger partial charge in [-0.1, -0.05) is 0 Å². The first-order valence-corrected chi connectivity index (χ1v) is 4.68. The third kappa shape index (κ3) is 0.829. The average Bonchev–Trinajstić information content (AvgIpc) is 2.37. The number of hydrogen-bond donors (Lipinski definition) is 2. The normalized spacial score (nSPS) is 56.7. The van der Waals surface area contributed by atoms with E-state index in [1.807, 2.05) is 0 Å². The minimum absolute atomic E-state index is 0.604. The van der Waals surface area contributed by atoms with Crippen LogP contribution in [-0.2, 0) is 0 Å². The maximum absolute atomic E-state index is 4.52. The monoisotopic (exact) mass is 160 g/mol. The van der Waals surface area contributed by atoms with Crippen LogP contribution in [0, 0.1) is 11.8 Å². The number of thiol groups is 2. The summed E-state index contributed by atoms with van der Waals surface area (Å²) in [5.74, 6) is 1.81. The minimum atomic E-state index is 0.604. The molecule has 52 valence electrons. The van der Waals surface area contributed by atoms with Crippen molar-refractivity contribution in [1.29, 1.82) is 0 Å². The van der Waals surface area contributed by atoms with Gasteiger partial charge >= 0.3 is 0 Å². The van der Waals surface area contributed by atoms with Crippen LogP contribution in [0.1, 0.15) is 19.3 Å². The summed E-state index contributed by atoms with van der Waals surface area (Å²) in [6.07, 6.45) is 4.23. The summed E-state index contributed by atoms with van der Waals surface area (Å²) in [4.78, 5) is 0. The van der Waals surface area contributed by atoms with E-state index in [0.29, 0.717) is 10.5 Å². The van der Waals surface area contributed by atoms with Crippen molar-refractivity contribution in [3.63, 3.8) is 0 Å². The zero-order valence-corrected chi connectivity index (χ0v) is 7.11. The molecule has 2 rings (SSSR count). The number of hydrogen-bond acceptors (Lipinski definition) is 2. The van der Waals surface area contributed by atoms with Gasteiger partial charge in [0.05, 0.1) is 0 Å². The Hall–Kier alpha value is 0.700. The van der Waals surface area contributed by atoms with Crippen LogP contribution in [-0.4, -0.2) is 10.5 Å².